The van der Waals surface area contributed by atoms with Gasteiger partial charge in [-0.15, -0.1) is 11.6 Å². The number of benzene rings is 3. The van der Waals surface area contributed by atoms with Gasteiger partial charge >= 0.3 is 33.3 Å². The van der Waals surface area contributed by atoms with E-state index in [2.05, 4.69) is 81.3 Å². The van der Waals surface area contributed by atoms with Gasteiger partial charge in [-0.3, -0.25) is 42.5 Å². The van der Waals surface area contributed by atoms with Crippen LogP contribution in [0.15, 0.2) is 105 Å². The maximum absolute atomic E-state index is 12.0. The summed E-state index contributed by atoms with van der Waals surface area (Å²) in [6.07, 6.45) is 3.35. The topological polar surface area (TPSA) is 449 Å². The number of nitrogens with one attached hydrogen (secondary N) is 7. The van der Waals surface area contributed by atoms with Gasteiger partial charge in [-0.05, 0) is 77.1 Å². The van der Waals surface area contributed by atoms with Crippen molar-refractivity contribution in [2.24, 2.45) is 0 Å². The molecule has 0 bridgehead atoms. The summed E-state index contributed by atoms with van der Waals surface area (Å²) in [6.45, 7) is 4.73. The van der Waals surface area contributed by atoms with Crippen LogP contribution in [0.2, 0.25) is 0 Å². The second-order valence-corrected chi connectivity index (χ2v) is 26.0. The quantitative estimate of drug-likeness (QED) is 0.0232. The maximum atomic E-state index is 12.0. The van der Waals surface area contributed by atoms with Gasteiger partial charge in [0, 0.05) is 72.2 Å². The summed E-state index contributed by atoms with van der Waals surface area (Å²) in [4.78, 5) is 105. The predicted molar refractivity (Wildman–Crippen MR) is 297 cm³/mol. The number of aromatic nitrogens is 9. The maximum Gasteiger partial charge on any atom is 0.346 e. The van der Waals surface area contributed by atoms with Crippen LogP contribution in [0.3, 0.4) is 0 Å². The van der Waals surface area contributed by atoms with Crippen molar-refractivity contribution in [3.63, 3.8) is 0 Å². The predicted octanol–water partition coefficient (Wildman–Crippen LogP) is 8.30. The Morgan fingerprint density at radius 1 is 0.537 bits per heavy atom. The van der Waals surface area contributed by atoms with E-state index in [0.29, 0.717) is 67.0 Å². The number of ketones is 3. The van der Waals surface area contributed by atoms with Crippen molar-refractivity contribution in [1.29, 1.82) is 0 Å². The zero-order valence-corrected chi connectivity index (χ0v) is 47.6. The molecule has 434 valence electrons. The van der Waals surface area contributed by atoms with Gasteiger partial charge in [-0.2, -0.15) is 15.3 Å². The molecular weight excluding hydrogens is 1210 g/mol. The fourth-order valence-electron chi connectivity index (χ4n) is 6.96. The largest absolute Gasteiger partial charge is 0.364 e. The third-order valence-corrected chi connectivity index (χ3v) is 13.5. The van der Waals surface area contributed by atoms with E-state index >= 15 is 0 Å². The number of rotatable bonds is 17. The molecule has 6 heterocycles. The fraction of sp³-hybridized carbons (Fsp3) is 0.200. The molecule has 0 atom stereocenters. The van der Waals surface area contributed by atoms with E-state index < -0.39 is 45.0 Å². The van der Waals surface area contributed by atoms with Crippen LogP contribution in [0.5, 0.6) is 0 Å². The molecule has 3 aromatic carbocycles. The van der Waals surface area contributed by atoms with Crippen molar-refractivity contribution in [3.8, 4) is 0 Å². The Kier molecular flexibility index (Phi) is 21.6. The minimum atomic E-state index is -4.38. The number of hydrogen-bond acceptors (Lipinski definition) is 18. The van der Waals surface area contributed by atoms with Gasteiger partial charge in [0.1, 0.15) is 71.1 Å². The summed E-state index contributed by atoms with van der Waals surface area (Å²) in [5, 5.41) is 43.3. The number of fused-ring (bicyclic) bond motifs is 3. The molecule has 0 saturated heterocycles. The van der Waals surface area contributed by atoms with Crippen molar-refractivity contribution >= 4 is 140 Å². The molecule has 0 spiro atoms. The lowest BCUT2D eigenvalue weighted by Gasteiger charge is -2.08. The van der Waals surface area contributed by atoms with Crippen molar-refractivity contribution < 1.29 is 75.6 Å². The van der Waals surface area contributed by atoms with E-state index in [-0.39, 0.29) is 60.7 Å². The number of halogens is 3. The molecule has 6 amide bonds. The Morgan fingerprint density at radius 3 is 1.23 bits per heavy atom. The van der Waals surface area contributed by atoms with Crippen molar-refractivity contribution in [2.75, 3.05) is 21.6 Å². The number of nitrogens with zero attached hydrogens (tertiary/aromatic N) is 8. The van der Waals surface area contributed by atoms with Gasteiger partial charge in [0.2, 0.25) is 0 Å². The highest BCUT2D eigenvalue weighted by Crippen LogP contribution is 2.58. The summed E-state index contributed by atoms with van der Waals surface area (Å²) in [6, 6.07) is 18.2. The molecule has 9 aromatic rings. The molecule has 0 saturated carbocycles. The molecule has 82 heavy (non-hydrogen) atoms. The van der Waals surface area contributed by atoms with Crippen LogP contribution in [0.1, 0.15) is 69.3 Å². The summed E-state index contributed by atoms with van der Waals surface area (Å²) < 4.78 is 49.0. The fourth-order valence-corrected chi connectivity index (χ4v) is 8.66. The van der Waals surface area contributed by atoms with Crippen LogP contribution in [-0.4, -0.2) is 106 Å². The highest BCUT2D eigenvalue weighted by atomic mass is 35.9. The Hall–Kier alpha value is -8.08. The number of carbonyl (C=O) groups is 6. The van der Waals surface area contributed by atoms with E-state index in [1.807, 2.05) is 0 Å². The van der Waals surface area contributed by atoms with Crippen molar-refractivity contribution in [1.82, 2.24) is 61.2 Å². The van der Waals surface area contributed by atoms with Crippen LogP contribution in [-0.2, 0) is 45.9 Å². The minimum Gasteiger partial charge on any atom is -0.364 e. The third kappa shape index (κ3) is 19.3. The van der Waals surface area contributed by atoms with Crippen LogP contribution in [0, 0.1) is 0 Å². The monoisotopic (exact) mass is 1250 g/mol. The molecule has 9 rings (SSSR count). The lowest BCUT2D eigenvalue weighted by molar-refractivity contribution is 0.100. The molecule has 0 aliphatic carbocycles. The number of hydrogen-bond donors (Lipinski definition) is 11. The third-order valence-electron chi connectivity index (χ3n) is 10.4. The first kappa shape index (κ1) is 63.1. The number of anilines is 3. The smallest absolute Gasteiger partial charge is 0.346 e. The second kappa shape index (κ2) is 28.1. The van der Waals surface area contributed by atoms with Gasteiger partial charge < -0.3 is 65.0 Å². The van der Waals surface area contributed by atoms with Crippen molar-refractivity contribution in [3.05, 3.63) is 126 Å². The SMILES string of the molecule is CC(=O)c1n[nH]c2ccc(NC(=O)NCc3ccon3)cc12.CC(=O)c1nn(CP(=O)(Cl)Cl)c2ccc(NC(=O)NCc3ccon3)cc12.CC(=O)c1nn(CP(=O)(O)O)c2ccc(NC(=O)NCc3ccon3)cc12.O=P(O)(O)CCl. The molecule has 0 radical (unpaired) electrons. The van der Waals surface area contributed by atoms with Gasteiger partial charge in [0.05, 0.1) is 36.2 Å². The standard InChI is InChI=1S/C15H14Cl2N5O4P.C15H16N5O6P.C14H13N5O3.CH4ClO3P/c1-9(23)14-12-6-10(19-15(24)18-7-11-4-5-26-21-11)2-3-13(12)22(20-14)8-27(16,17)25;1-9(21)14-12-6-10(17-15(22)16-7-11-4-5-26-19-11)2-3-13(12)20(18-14)8-27(23,24)25;1-8(20)13-11-6-9(2-3-12(11)17-18-13)16-14(21)15-7-10-4-5-22-19-10;2-1-6(3,4)5/h2-6H,7-8H2,1H3,(H2,18,19,24);2-6H,7-8H2,1H3,(H2,16,17,22)(H2,23,24,25);2-6H,7H2,1H3,(H,17,18)(H2,15,16,21);1H2,(H2,3,4,5). The molecule has 31 nitrogen and oxygen atoms in total. The lowest BCUT2D eigenvalue weighted by Crippen LogP contribution is -2.28. The summed E-state index contributed by atoms with van der Waals surface area (Å²) >= 11 is 16.0. The Balaban J connectivity index is 0.000000189. The van der Waals surface area contributed by atoms with Gasteiger partial charge in [-0.1, -0.05) is 15.5 Å². The van der Waals surface area contributed by atoms with Gasteiger partial charge in [0.25, 0.3) is 5.85 Å². The molecule has 37 heteroatoms. The first-order valence-electron chi connectivity index (χ1n) is 23.1. The molecule has 0 aliphatic rings. The van der Waals surface area contributed by atoms with E-state index in [0.717, 1.165) is 10.2 Å². The van der Waals surface area contributed by atoms with Crippen molar-refractivity contribution in [2.45, 2.75) is 53.0 Å². The first-order chi connectivity index (χ1) is 38.6. The first-order valence-corrected chi connectivity index (χ1v) is 31.0. The van der Waals surface area contributed by atoms with Crippen LogP contribution >= 0.6 is 55.1 Å². The Morgan fingerprint density at radius 2 is 0.902 bits per heavy atom. The molecule has 0 fully saturated rings. The van der Waals surface area contributed by atoms with Crippen LogP contribution in [0.25, 0.3) is 32.7 Å². The zero-order valence-electron chi connectivity index (χ0n) is 42.6. The van der Waals surface area contributed by atoms with Crippen LogP contribution in [0.4, 0.5) is 31.4 Å². The summed E-state index contributed by atoms with van der Waals surface area (Å²) in [5.74, 6) is -4.23. The second-order valence-electron chi connectivity index (χ2n) is 16.9. The van der Waals surface area contributed by atoms with E-state index in [1.54, 1.807) is 60.7 Å². The highest BCUT2D eigenvalue weighted by Gasteiger charge is 2.23. The van der Waals surface area contributed by atoms with E-state index in [4.69, 9.17) is 43.9 Å². The normalized spacial score (nSPS) is 11.3. The molecule has 11 N–H and O–H groups in total. The number of carbonyl (C=O) groups excluding carboxylic acids is 6. The lowest BCUT2D eigenvalue weighted by atomic mass is 10.1. The average Bonchev–Trinajstić information content (AvgIpc) is 4.48. The number of Topliss-reactive ketones (excluding diaryl/α,β-unsaturated/α-hetero) is 3. The zero-order chi connectivity index (χ0) is 59.9. The van der Waals surface area contributed by atoms with E-state index in [1.165, 1.54) is 56.4 Å². The molecule has 0 unspecified atom stereocenters. The minimum absolute atomic E-state index is 0.0603. The highest BCUT2D eigenvalue weighted by molar-refractivity contribution is 8.07. The summed E-state index contributed by atoms with van der Waals surface area (Å²) in [5.41, 5.74) is 4.77. The van der Waals surface area contributed by atoms with Gasteiger partial charge in [-0.25, -0.2) is 14.4 Å². The average molecular weight is 1250 g/mol. The van der Waals surface area contributed by atoms with E-state index in [9.17, 15) is 52.2 Å². The molecular formula is C45H47Cl3N15O16P3. The Bertz CT molecular complexity index is 3710. The number of aromatic amines is 1. The summed E-state index contributed by atoms with van der Waals surface area (Å²) in [7, 11) is -8.26. The molecule has 6 aromatic heterocycles. The van der Waals surface area contributed by atoms with Crippen LogP contribution < -0.4 is 31.9 Å². The number of H-pyrrole nitrogens is 1. The number of amides is 6. The Labute approximate surface area is 475 Å². The number of urea groups is 3. The number of alkyl halides is 1. The van der Waals surface area contributed by atoms with Gasteiger partial charge in [0.15, 0.2) is 17.3 Å². The molecule has 0 aliphatic heterocycles.